The van der Waals surface area contributed by atoms with E-state index in [2.05, 4.69) is 5.10 Å². The molecule has 0 aliphatic rings. The van der Waals surface area contributed by atoms with Gasteiger partial charge in [-0.3, -0.25) is 4.79 Å². The highest BCUT2D eigenvalue weighted by Gasteiger charge is 2.04. The Labute approximate surface area is 73.9 Å². The first-order valence-corrected chi connectivity index (χ1v) is 3.73. The molecule has 0 saturated heterocycles. The van der Waals surface area contributed by atoms with Crippen LogP contribution in [-0.2, 0) is 11.3 Å². The van der Waals surface area contributed by atoms with E-state index in [4.69, 9.17) is 23.2 Å². The second-order valence-corrected chi connectivity index (χ2v) is 2.92. The summed E-state index contributed by atoms with van der Waals surface area (Å²) >= 11 is 11.2. The highest BCUT2D eigenvalue weighted by Crippen LogP contribution is 2.14. The molecular weight excluding hydrogens is 187 g/mol. The zero-order chi connectivity index (χ0) is 8.43. The Morgan fingerprint density at radius 2 is 2.36 bits per heavy atom. The van der Waals surface area contributed by atoms with Gasteiger partial charge in [-0.25, -0.2) is 4.68 Å². The highest BCUT2D eigenvalue weighted by molar-refractivity contribution is 6.33. The van der Waals surface area contributed by atoms with Crippen molar-refractivity contribution in [3.63, 3.8) is 0 Å². The lowest BCUT2D eigenvalue weighted by molar-refractivity contribution is -0.117. The Morgan fingerprint density at radius 1 is 1.73 bits per heavy atom. The van der Waals surface area contributed by atoms with E-state index >= 15 is 0 Å². The topological polar surface area (TPSA) is 34.9 Å². The van der Waals surface area contributed by atoms with Crippen molar-refractivity contribution in [2.75, 3.05) is 0 Å². The van der Waals surface area contributed by atoms with Gasteiger partial charge >= 0.3 is 0 Å². The van der Waals surface area contributed by atoms with Crippen molar-refractivity contribution < 1.29 is 4.79 Å². The predicted octanol–water partition coefficient (Wildman–Crippen LogP) is 1.78. The summed E-state index contributed by atoms with van der Waals surface area (Å²) in [5.74, 6) is -0.00772. The molecule has 60 valence electrons. The van der Waals surface area contributed by atoms with E-state index < -0.39 is 0 Å². The Bertz CT molecular complexity index is 282. The molecule has 5 heteroatoms. The highest BCUT2D eigenvalue weighted by atomic mass is 35.5. The van der Waals surface area contributed by atoms with Crippen molar-refractivity contribution >= 4 is 29.0 Å². The van der Waals surface area contributed by atoms with Crippen LogP contribution in [0.4, 0.5) is 0 Å². The molecule has 0 N–H and O–H groups in total. The molecular formula is C6H6Cl2N2O. The fourth-order valence-corrected chi connectivity index (χ4v) is 1.14. The fraction of sp³-hybridized carbons (Fsp3) is 0.333. The maximum Gasteiger partial charge on any atom is 0.152 e. The number of hydrogen-bond donors (Lipinski definition) is 0. The standard InChI is InChI=1S/C6H6Cl2N2O/c1-4(11)3-10-6(8)2-5(7)9-10/h2H,3H2,1H3. The summed E-state index contributed by atoms with van der Waals surface area (Å²) in [6, 6.07) is 1.49. The minimum Gasteiger partial charge on any atom is -0.298 e. The predicted molar refractivity (Wildman–Crippen MR) is 42.9 cm³/mol. The van der Waals surface area contributed by atoms with Crippen LogP contribution in [0.5, 0.6) is 0 Å². The van der Waals surface area contributed by atoms with Gasteiger partial charge in [-0.1, -0.05) is 23.2 Å². The SMILES string of the molecule is CC(=O)Cn1nc(Cl)cc1Cl. The molecule has 0 aliphatic carbocycles. The number of nitrogens with zero attached hydrogens (tertiary/aromatic N) is 2. The maximum atomic E-state index is 10.6. The first kappa shape index (κ1) is 8.56. The van der Waals surface area contributed by atoms with Crippen molar-refractivity contribution in [1.82, 2.24) is 9.78 Å². The average Bonchev–Trinajstić information content (AvgIpc) is 2.09. The molecule has 1 heterocycles. The van der Waals surface area contributed by atoms with Crippen molar-refractivity contribution in [2.45, 2.75) is 13.5 Å². The number of carbonyl (C=O) groups excluding carboxylic acids is 1. The first-order chi connectivity index (χ1) is 5.09. The van der Waals surface area contributed by atoms with Crippen molar-refractivity contribution in [2.24, 2.45) is 0 Å². The maximum absolute atomic E-state index is 10.6. The largest absolute Gasteiger partial charge is 0.298 e. The molecule has 0 aliphatic heterocycles. The molecule has 0 aromatic carbocycles. The van der Waals surface area contributed by atoms with Gasteiger partial charge in [-0.2, -0.15) is 5.10 Å². The number of hydrogen-bond acceptors (Lipinski definition) is 2. The Morgan fingerprint density at radius 3 is 2.73 bits per heavy atom. The number of aromatic nitrogens is 2. The molecule has 1 rings (SSSR count). The molecule has 1 aromatic rings. The van der Waals surface area contributed by atoms with Crippen LogP contribution in [-0.4, -0.2) is 15.6 Å². The van der Waals surface area contributed by atoms with Gasteiger partial charge < -0.3 is 0 Å². The molecule has 11 heavy (non-hydrogen) atoms. The molecule has 0 radical (unpaired) electrons. The third-order valence-electron chi connectivity index (χ3n) is 1.07. The van der Waals surface area contributed by atoms with Crippen molar-refractivity contribution in [3.8, 4) is 0 Å². The zero-order valence-electron chi connectivity index (χ0n) is 5.84. The van der Waals surface area contributed by atoms with Crippen molar-refractivity contribution in [3.05, 3.63) is 16.4 Å². The molecule has 0 bridgehead atoms. The molecule has 1 aromatic heterocycles. The number of rotatable bonds is 2. The van der Waals surface area contributed by atoms with E-state index in [0.717, 1.165) is 0 Å². The zero-order valence-corrected chi connectivity index (χ0v) is 7.35. The second-order valence-electron chi connectivity index (χ2n) is 2.15. The first-order valence-electron chi connectivity index (χ1n) is 2.98. The fourth-order valence-electron chi connectivity index (χ4n) is 0.687. The second kappa shape index (κ2) is 3.24. The summed E-state index contributed by atoms with van der Waals surface area (Å²) in [5.41, 5.74) is 0. The third kappa shape index (κ3) is 2.20. The lowest BCUT2D eigenvalue weighted by atomic mass is 10.4. The van der Waals surface area contributed by atoms with Gasteiger partial charge in [0.25, 0.3) is 0 Å². The van der Waals surface area contributed by atoms with E-state index in [-0.39, 0.29) is 12.3 Å². The molecule has 0 amide bonds. The van der Waals surface area contributed by atoms with Crippen molar-refractivity contribution in [1.29, 1.82) is 0 Å². The Balaban J connectivity index is 2.85. The van der Waals surface area contributed by atoms with Crippen LogP contribution in [0.2, 0.25) is 10.3 Å². The van der Waals surface area contributed by atoms with Gasteiger partial charge in [-0.05, 0) is 6.92 Å². The van der Waals surface area contributed by atoms with E-state index in [0.29, 0.717) is 10.3 Å². The molecule has 0 saturated carbocycles. The van der Waals surface area contributed by atoms with E-state index in [1.54, 1.807) is 0 Å². The number of ketones is 1. The normalized spacial score (nSPS) is 10.1. The van der Waals surface area contributed by atoms with Gasteiger partial charge in [0.1, 0.15) is 11.7 Å². The summed E-state index contributed by atoms with van der Waals surface area (Å²) in [7, 11) is 0. The van der Waals surface area contributed by atoms with Crippen LogP contribution in [0.25, 0.3) is 0 Å². The third-order valence-corrected chi connectivity index (χ3v) is 1.56. The minimum atomic E-state index is -0.00772. The molecule has 0 fully saturated rings. The lowest BCUT2D eigenvalue weighted by Crippen LogP contribution is -2.07. The number of Topliss-reactive ketones (excluding diaryl/α,β-unsaturated/α-hetero) is 1. The Hall–Kier alpha value is -0.540. The number of carbonyl (C=O) groups is 1. The monoisotopic (exact) mass is 192 g/mol. The molecule has 0 unspecified atom stereocenters. The summed E-state index contributed by atoms with van der Waals surface area (Å²) in [6.45, 7) is 1.64. The van der Waals surface area contributed by atoms with E-state index in [1.165, 1.54) is 17.7 Å². The van der Waals surface area contributed by atoms with Gasteiger partial charge in [0.05, 0.1) is 0 Å². The van der Waals surface area contributed by atoms with Crippen LogP contribution < -0.4 is 0 Å². The van der Waals surface area contributed by atoms with Gasteiger partial charge in [0.2, 0.25) is 0 Å². The molecule has 0 atom stereocenters. The summed E-state index contributed by atoms with van der Waals surface area (Å²) < 4.78 is 1.35. The van der Waals surface area contributed by atoms with E-state index in [1.807, 2.05) is 0 Å². The van der Waals surface area contributed by atoms with Crippen LogP contribution in [0.15, 0.2) is 6.07 Å². The Kier molecular flexibility index (Phi) is 2.52. The summed E-state index contributed by atoms with van der Waals surface area (Å²) in [5, 5.41) is 4.46. The van der Waals surface area contributed by atoms with Crippen LogP contribution in [0, 0.1) is 0 Å². The van der Waals surface area contributed by atoms with Gasteiger partial charge in [0.15, 0.2) is 10.9 Å². The summed E-state index contributed by atoms with van der Waals surface area (Å²) in [4.78, 5) is 10.6. The quantitative estimate of drug-likeness (QED) is 0.717. The average molecular weight is 193 g/mol. The van der Waals surface area contributed by atoms with E-state index in [9.17, 15) is 4.79 Å². The van der Waals surface area contributed by atoms with Gasteiger partial charge in [0, 0.05) is 6.07 Å². The lowest BCUT2D eigenvalue weighted by Gasteiger charge is -1.96. The van der Waals surface area contributed by atoms with Crippen LogP contribution >= 0.6 is 23.2 Å². The number of halogens is 2. The minimum absolute atomic E-state index is 0.00772. The molecule has 0 spiro atoms. The summed E-state index contributed by atoms with van der Waals surface area (Å²) in [6.07, 6.45) is 0. The van der Waals surface area contributed by atoms with Gasteiger partial charge in [-0.15, -0.1) is 0 Å². The smallest absolute Gasteiger partial charge is 0.152 e. The molecule has 3 nitrogen and oxygen atoms in total. The van der Waals surface area contributed by atoms with Crippen LogP contribution in [0.3, 0.4) is 0 Å². The van der Waals surface area contributed by atoms with Crippen LogP contribution in [0.1, 0.15) is 6.92 Å².